The molecule has 1 atom stereocenters. The molecule has 0 spiro atoms. The van der Waals surface area contributed by atoms with Crippen LogP contribution >= 0.6 is 27.5 Å². The van der Waals surface area contributed by atoms with Crippen LogP contribution in [-0.2, 0) is 17.9 Å². The monoisotopic (exact) mass is 512 g/mol. The number of hydrogen-bond donors (Lipinski definition) is 1. The van der Waals surface area contributed by atoms with Gasteiger partial charge in [0, 0.05) is 16.8 Å². The van der Waals surface area contributed by atoms with Crippen molar-refractivity contribution in [3.8, 4) is 0 Å². The van der Waals surface area contributed by atoms with Crippen molar-refractivity contribution in [2.45, 2.75) is 33.9 Å². The molecular formula is C19H19BrClFN6O3. The zero-order valence-corrected chi connectivity index (χ0v) is 19.2. The SMILES string of the molecule is Cc1nn(CC(C)C(=O)Nc2nn(Cc3c(F)cccc3Cl)cc2Br)c(C)c1[N+](=O)[O-]. The zero-order chi connectivity index (χ0) is 22.9. The van der Waals surface area contributed by atoms with Crippen LogP contribution < -0.4 is 5.32 Å². The summed E-state index contributed by atoms with van der Waals surface area (Å²) < 4.78 is 17.4. The van der Waals surface area contributed by atoms with E-state index >= 15 is 0 Å². The van der Waals surface area contributed by atoms with Gasteiger partial charge in [0.25, 0.3) is 0 Å². The number of aryl methyl sites for hydroxylation is 1. The molecule has 2 aromatic heterocycles. The number of halogens is 3. The first-order valence-electron chi connectivity index (χ1n) is 9.23. The fourth-order valence-corrected chi connectivity index (χ4v) is 3.76. The van der Waals surface area contributed by atoms with Gasteiger partial charge in [0.1, 0.15) is 17.2 Å². The molecule has 0 saturated heterocycles. The summed E-state index contributed by atoms with van der Waals surface area (Å²) >= 11 is 9.40. The number of anilines is 1. The molecule has 0 aliphatic rings. The number of amides is 1. The summed E-state index contributed by atoms with van der Waals surface area (Å²) in [6, 6.07) is 4.42. The van der Waals surface area contributed by atoms with E-state index < -0.39 is 16.7 Å². The second-order valence-corrected chi connectivity index (χ2v) is 8.33. The lowest BCUT2D eigenvalue weighted by Crippen LogP contribution is -2.25. The molecule has 1 aromatic carbocycles. The molecule has 31 heavy (non-hydrogen) atoms. The molecule has 164 valence electrons. The van der Waals surface area contributed by atoms with Crippen molar-refractivity contribution >= 4 is 44.9 Å². The second-order valence-electron chi connectivity index (χ2n) is 7.07. The lowest BCUT2D eigenvalue weighted by molar-refractivity contribution is -0.386. The Hall–Kier alpha value is -2.79. The van der Waals surface area contributed by atoms with Gasteiger partial charge >= 0.3 is 5.69 Å². The number of aromatic nitrogens is 4. The van der Waals surface area contributed by atoms with E-state index in [4.69, 9.17) is 11.6 Å². The van der Waals surface area contributed by atoms with E-state index in [2.05, 4.69) is 31.4 Å². The smallest absolute Gasteiger partial charge is 0.308 e. The maximum atomic E-state index is 14.0. The Morgan fingerprint density at radius 3 is 2.71 bits per heavy atom. The summed E-state index contributed by atoms with van der Waals surface area (Å²) in [5.74, 6) is -1.07. The first kappa shape index (κ1) is 22.9. The van der Waals surface area contributed by atoms with Gasteiger partial charge in [0.05, 0.1) is 28.4 Å². The van der Waals surface area contributed by atoms with Gasteiger partial charge in [-0.05, 0) is 41.9 Å². The topological polar surface area (TPSA) is 108 Å². The Balaban J connectivity index is 1.71. The molecule has 2 heterocycles. The third kappa shape index (κ3) is 4.93. The standard InChI is InChI=1S/C19H19BrClFN6O3/c1-10(7-27-12(3)17(28(30)31)11(2)24-27)19(29)23-18-14(20)9-26(25-18)8-13-15(21)5-4-6-16(13)22/h4-6,9-10H,7-8H2,1-3H3,(H,23,25,29). The van der Waals surface area contributed by atoms with Crippen LogP contribution in [0.2, 0.25) is 5.02 Å². The average Bonchev–Trinajstić information content (AvgIpc) is 3.16. The van der Waals surface area contributed by atoms with Crippen molar-refractivity contribution in [2.75, 3.05) is 5.32 Å². The van der Waals surface area contributed by atoms with Crippen LogP contribution in [0, 0.1) is 35.7 Å². The van der Waals surface area contributed by atoms with Gasteiger partial charge in [-0.3, -0.25) is 24.3 Å². The molecule has 1 amide bonds. The van der Waals surface area contributed by atoms with Gasteiger partial charge in [-0.15, -0.1) is 0 Å². The van der Waals surface area contributed by atoms with Crippen molar-refractivity contribution in [1.82, 2.24) is 19.6 Å². The Morgan fingerprint density at radius 1 is 1.39 bits per heavy atom. The molecule has 0 saturated carbocycles. The summed E-state index contributed by atoms with van der Waals surface area (Å²) in [7, 11) is 0. The normalized spacial score (nSPS) is 12.1. The van der Waals surface area contributed by atoms with Gasteiger partial charge in [-0.1, -0.05) is 24.6 Å². The third-order valence-corrected chi connectivity index (χ3v) is 5.70. The largest absolute Gasteiger partial charge is 0.312 e. The minimum atomic E-state index is -0.546. The molecule has 0 fully saturated rings. The van der Waals surface area contributed by atoms with Crippen LogP contribution in [0.3, 0.4) is 0 Å². The fourth-order valence-electron chi connectivity index (χ4n) is 3.12. The van der Waals surface area contributed by atoms with E-state index in [9.17, 15) is 19.3 Å². The van der Waals surface area contributed by atoms with E-state index in [1.54, 1.807) is 33.0 Å². The molecule has 1 N–H and O–H groups in total. The maximum Gasteiger partial charge on any atom is 0.312 e. The molecule has 9 nitrogen and oxygen atoms in total. The Morgan fingerprint density at radius 2 is 2.10 bits per heavy atom. The molecule has 3 rings (SSSR count). The summed E-state index contributed by atoms with van der Waals surface area (Å²) in [5.41, 5.74) is 0.912. The minimum absolute atomic E-state index is 0.0547. The molecule has 12 heteroatoms. The molecule has 0 bridgehead atoms. The molecule has 0 aliphatic carbocycles. The number of rotatable bonds is 7. The number of hydrogen-bond acceptors (Lipinski definition) is 5. The van der Waals surface area contributed by atoms with Gasteiger partial charge in [0.2, 0.25) is 5.91 Å². The lowest BCUT2D eigenvalue weighted by atomic mass is 10.1. The summed E-state index contributed by atoms with van der Waals surface area (Å²) in [5, 5.41) is 22.6. The Kier molecular flexibility index (Phi) is 6.75. The van der Waals surface area contributed by atoms with E-state index in [0.29, 0.717) is 15.9 Å². The first-order chi connectivity index (χ1) is 14.6. The number of nitrogens with zero attached hydrogens (tertiary/aromatic N) is 5. The zero-order valence-electron chi connectivity index (χ0n) is 16.9. The lowest BCUT2D eigenvalue weighted by Gasteiger charge is -2.12. The van der Waals surface area contributed by atoms with E-state index in [1.807, 2.05) is 0 Å². The number of carbonyl (C=O) groups excluding carboxylic acids is 1. The predicted molar refractivity (Wildman–Crippen MR) is 117 cm³/mol. The highest BCUT2D eigenvalue weighted by Crippen LogP contribution is 2.25. The summed E-state index contributed by atoms with van der Waals surface area (Å²) in [6.45, 7) is 5.08. The first-order valence-corrected chi connectivity index (χ1v) is 10.4. The third-order valence-electron chi connectivity index (χ3n) is 4.76. The fraction of sp³-hybridized carbons (Fsp3) is 0.316. The number of benzene rings is 1. The van der Waals surface area contributed by atoms with Crippen LogP contribution in [0.1, 0.15) is 23.9 Å². The van der Waals surface area contributed by atoms with Gasteiger partial charge in [-0.2, -0.15) is 10.2 Å². The van der Waals surface area contributed by atoms with Crippen LogP contribution in [0.25, 0.3) is 0 Å². The molecular weight excluding hydrogens is 495 g/mol. The Labute approximate surface area is 190 Å². The van der Waals surface area contributed by atoms with Gasteiger partial charge in [-0.25, -0.2) is 4.39 Å². The van der Waals surface area contributed by atoms with E-state index in [-0.39, 0.29) is 41.1 Å². The second kappa shape index (κ2) is 9.15. The predicted octanol–water partition coefficient (Wildman–Crippen LogP) is 4.48. The van der Waals surface area contributed by atoms with Crippen LogP contribution in [0.5, 0.6) is 0 Å². The summed E-state index contributed by atoms with van der Waals surface area (Å²) in [4.78, 5) is 23.3. The van der Waals surface area contributed by atoms with Gasteiger partial charge in [0.15, 0.2) is 5.82 Å². The number of nitro groups is 1. The highest BCUT2D eigenvalue weighted by atomic mass is 79.9. The average molecular weight is 514 g/mol. The van der Waals surface area contributed by atoms with E-state index in [1.165, 1.54) is 21.5 Å². The Bertz CT molecular complexity index is 1140. The van der Waals surface area contributed by atoms with Crippen molar-refractivity contribution in [1.29, 1.82) is 0 Å². The van der Waals surface area contributed by atoms with Crippen LogP contribution in [0.15, 0.2) is 28.9 Å². The molecule has 0 radical (unpaired) electrons. The molecule has 1 unspecified atom stereocenters. The maximum absolute atomic E-state index is 14.0. The van der Waals surface area contributed by atoms with Crippen LogP contribution in [0.4, 0.5) is 15.9 Å². The van der Waals surface area contributed by atoms with Crippen molar-refractivity contribution in [3.63, 3.8) is 0 Å². The van der Waals surface area contributed by atoms with Gasteiger partial charge < -0.3 is 5.32 Å². The molecule has 0 aliphatic heterocycles. The van der Waals surface area contributed by atoms with Crippen molar-refractivity contribution < 1.29 is 14.1 Å². The quantitative estimate of drug-likeness (QED) is 0.370. The van der Waals surface area contributed by atoms with E-state index in [0.717, 1.165) is 0 Å². The van der Waals surface area contributed by atoms with Crippen molar-refractivity contribution in [2.24, 2.45) is 5.92 Å². The minimum Gasteiger partial charge on any atom is -0.308 e. The number of carbonyl (C=O) groups is 1. The summed E-state index contributed by atoms with van der Waals surface area (Å²) in [6.07, 6.45) is 1.60. The van der Waals surface area contributed by atoms with Crippen molar-refractivity contribution in [3.05, 3.63) is 66.8 Å². The molecule has 3 aromatic rings. The van der Waals surface area contributed by atoms with Crippen LogP contribution in [-0.4, -0.2) is 30.4 Å². The highest BCUT2D eigenvalue weighted by Gasteiger charge is 2.25. The highest BCUT2D eigenvalue weighted by molar-refractivity contribution is 9.10. The number of nitrogens with one attached hydrogen (secondary N) is 1.